The van der Waals surface area contributed by atoms with Crippen molar-refractivity contribution < 1.29 is 13.2 Å². The van der Waals surface area contributed by atoms with Crippen molar-refractivity contribution in [2.75, 3.05) is 6.54 Å². The molecule has 0 saturated heterocycles. The van der Waals surface area contributed by atoms with Gasteiger partial charge in [-0.25, -0.2) is 0 Å². The van der Waals surface area contributed by atoms with Crippen LogP contribution in [-0.2, 0) is 6.42 Å². The van der Waals surface area contributed by atoms with Crippen LogP contribution in [0.4, 0.5) is 13.2 Å². The maximum absolute atomic E-state index is 12.2. The van der Waals surface area contributed by atoms with Gasteiger partial charge in [0.25, 0.3) is 0 Å². The lowest BCUT2D eigenvalue weighted by molar-refractivity contribution is -0.136. The van der Waals surface area contributed by atoms with E-state index in [1.54, 1.807) is 0 Å². The number of hydrogen-bond acceptors (Lipinski definition) is 1. The van der Waals surface area contributed by atoms with Crippen LogP contribution in [0.5, 0.6) is 0 Å². The predicted molar refractivity (Wildman–Crippen MR) is 67.6 cm³/mol. The summed E-state index contributed by atoms with van der Waals surface area (Å²) in [5, 5.41) is 3.13. The molecule has 0 aliphatic heterocycles. The molecular weight excluding hydrogens is 239 g/mol. The van der Waals surface area contributed by atoms with Gasteiger partial charge in [0, 0.05) is 12.5 Å². The van der Waals surface area contributed by atoms with Crippen molar-refractivity contribution >= 4 is 0 Å². The molecule has 0 aromatic heterocycles. The second-order valence-corrected chi connectivity index (χ2v) is 4.54. The average Bonchev–Trinajstić information content (AvgIpc) is 2.28. The van der Waals surface area contributed by atoms with Gasteiger partial charge < -0.3 is 5.32 Å². The van der Waals surface area contributed by atoms with E-state index in [-0.39, 0.29) is 12.5 Å². The van der Waals surface area contributed by atoms with Crippen molar-refractivity contribution in [3.8, 4) is 0 Å². The van der Waals surface area contributed by atoms with Gasteiger partial charge in [-0.15, -0.1) is 0 Å². The molecule has 18 heavy (non-hydrogen) atoms. The molecule has 1 aromatic rings. The van der Waals surface area contributed by atoms with Gasteiger partial charge in [-0.05, 0) is 37.4 Å². The Hall–Kier alpha value is -1.03. The van der Waals surface area contributed by atoms with E-state index in [2.05, 4.69) is 5.32 Å². The molecule has 1 aromatic carbocycles. The lowest BCUT2D eigenvalue weighted by atomic mass is 9.98. The fourth-order valence-electron chi connectivity index (χ4n) is 2.01. The Bertz CT molecular complexity index is 360. The molecule has 0 aliphatic rings. The largest absolute Gasteiger partial charge is 0.389 e. The Labute approximate surface area is 106 Å². The van der Waals surface area contributed by atoms with Crippen LogP contribution in [0.2, 0.25) is 0 Å². The summed E-state index contributed by atoms with van der Waals surface area (Å²) in [6, 6.07) is 7.72. The van der Waals surface area contributed by atoms with Crippen molar-refractivity contribution in [2.24, 2.45) is 0 Å². The lowest BCUT2D eigenvalue weighted by Gasteiger charge is -2.19. The van der Waals surface area contributed by atoms with Crippen LogP contribution in [-0.4, -0.2) is 18.8 Å². The number of hydrogen-bond donors (Lipinski definition) is 1. The molecule has 4 heteroatoms. The number of likely N-dealkylation sites (N-methyl/N-ethyl adjacent to an activating group) is 1. The highest BCUT2D eigenvalue weighted by atomic mass is 19.4. The van der Waals surface area contributed by atoms with Gasteiger partial charge in [0.05, 0.1) is 0 Å². The van der Waals surface area contributed by atoms with E-state index in [9.17, 15) is 13.2 Å². The smallest absolute Gasteiger partial charge is 0.314 e. The van der Waals surface area contributed by atoms with E-state index >= 15 is 0 Å². The summed E-state index contributed by atoms with van der Waals surface area (Å²) in [7, 11) is 0. The Morgan fingerprint density at radius 2 is 1.89 bits per heavy atom. The van der Waals surface area contributed by atoms with Crippen LogP contribution in [0.3, 0.4) is 0 Å². The maximum Gasteiger partial charge on any atom is 0.389 e. The number of aryl methyl sites for hydroxylation is 1. The number of benzene rings is 1. The number of nitrogens with one attached hydrogen (secondary N) is 1. The summed E-state index contributed by atoms with van der Waals surface area (Å²) in [5.74, 6) is 0. The molecule has 0 spiro atoms. The molecule has 0 saturated carbocycles. The van der Waals surface area contributed by atoms with Crippen molar-refractivity contribution in [1.82, 2.24) is 5.32 Å². The molecule has 1 N–H and O–H groups in total. The molecule has 1 rings (SSSR count). The van der Waals surface area contributed by atoms with Crippen molar-refractivity contribution in [2.45, 2.75) is 45.3 Å². The molecule has 0 radical (unpaired) electrons. The molecule has 1 unspecified atom stereocenters. The Balaban J connectivity index is 2.60. The summed E-state index contributed by atoms with van der Waals surface area (Å²) < 4.78 is 36.7. The van der Waals surface area contributed by atoms with Gasteiger partial charge in [-0.2, -0.15) is 13.2 Å². The Morgan fingerprint density at radius 1 is 1.22 bits per heavy atom. The van der Waals surface area contributed by atoms with Gasteiger partial charge in [0.15, 0.2) is 0 Å². The third-order valence-electron chi connectivity index (χ3n) is 3.00. The van der Waals surface area contributed by atoms with Crippen LogP contribution in [0.1, 0.15) is 30.9 Å². The molecule has 1 atom stereocenters. The van der Waals surface area contributed by atoms with Crippen LogP contribution >= 0.6 is 0 Å². The van der Waals surface area contributed by atoms with Crippen molar-refractivity contribution in [1.29, 1.82) is 0 Å². The zero-order valence-corrected chi connectivity index (χ0v) is 10.8. The van der Waals surface area contributed by atoms with Gasteiger partial charge in [-0.1, -0.05) is 31.2 Å². The molecule has 0 heterocycles. The quantitative estimate of drug-likeness (QED) is 0.818. The number of rotatable bonds is 6. The molecular formula is C14H20F3N. The van der Waals surface area contributed by atoms with Crippen LogP contribution in [0.15, 0.2) is 24.3 Å². The van der Waals surface area contributed by atoms with Gasteiger partial charge in [0.1, 0.15) is 0 Å². The summed E-state index contributed by atoms with van der Waals surface area (Å²) in [4.78, 5) is 0. The topological polar surface area (TPSA) is 12.0 Å². The highest BCUT2D eigenvalue weighted by molar-refractivity contribution is 5.26. The minimum absolute atomic E-state index is 0.113. The summed E-state index contributed by atoms with van der Waals surface area (Å²) in [6.45, 7) is 4.59. The van der Waals surface area contributed by atoms with E-state index in [1.165, 1.54) is 0 Å². The van der Waals surface area contributed by atoms with Crippen LogP contribution < -0.4 is 5.32 Å². The standard InChI is InChI=1S/C14H20F3N/c1-3-18-13(8-9-14(15,16)17)10-12-7-5-4-6-11(12)2/h4-7,13,18H,3,8-10H2,1-2H3. The lowest BCUT2D eigenvalue weighted by Crippen LogP contribution is -2.32. The SMILES string of the molecule is CCNC(CCC(F)(F)F)Cc1ccccc1C. The van der Waals surface area contributed by atoms with Gasteiger partial charge >= 0.3 is 6.18 Å². The first-order chi connectivity index (χ1) is 8.42. The first kappa shape index (κ1) is 15.0. The molecule has 0 fully saturated rings. The van der Waals surface area contributed by atoms with Crippen molar-refractivity contribution in [3.63, 3.8) is 0 Å². The van der Waals surface area contributed by atoms with E-state index in [0.717, 1.165) is 11.1 Å². The summed E-state index contributed by atoms with van der Waals surface area (Å²) in [5.41, 5.74) is 2.25. The second-order valence-electron chi connectivity index (χ2n) is 4.54. The summed E-state index contributed by atoms with van der Waals surface area (Å²) in [6.07, 6.45) is -4.02. The Morgan fingerprint density at radius 3 is 2.44 bits per heavy atom. The zero-order chi connectivity index (χ0) is 13.6. The molecule has 0 amide bonds. The fourth-order valence-corrected chi connectivity index (χ4v) is 2.01. The molecule has 1 nitrogen and oxygen atoms in total. The molecule has 102 valence electrons. The normalized spacial score (nSPS) is 13.6. The molecule has 0 bridgehead atoms. The maximum atomic E-state index is 12.2. The van der Waals surface area contributed by atoms with Gasteiger partial charge in [-0.3, -0.25) is 0 Å². The zero-order valence-electron chi connectivity index (χ0n) is 10.8. The van der Waals surface area contributed by atoms with E-state index < -0.39 is 12.6 Å². The monoisotopic (exact) mass is 259 g/mol. The second kappa shape index (κ2) is 6.78. The highest BCUT2D eigenvalue weighted by Crippen LogP contribution is 2.23. The van der Waals surface area contributed by atoms with E-state index in [0.29, 0.717) is 13.0 Å². The first-order valence-corrected chi connectivity index (χ1v) is 6.27. The fraction of sp³-hybridized carbons (Fsp3) is 0.571. The van der Waals surface area contributed by atoms with Gasteiger partial charge in [0.2, 0.25) is 0 Å². The predicted octanol–water partition coefficient (Wildman–Crippen LogP) is 3.86. The van der Waals surface area contributed by atoms with E-state index in [4.69, 9.17) is 0 Å². The number of halogens is 3. The first-order valence-electron chi connectivity index (χ1n) is 6.27. The molecule has 0 aliphatic carbocycles. The minimum atomic E-state index is -4.07. The highest BCUT2D eigenvalue weighted by Gasteiger charge is 2.28. The van der Waals surface area contributed by atoms with Crippen LogP contribution in [0, 0.1) is 6.92 Å². The van der Waals surface area contributed by atoms with E-state index in [1.807, 2.05) is 38.1 Å². The average molecular weight is 259 g/mol. The minimum Gasteiger partial charge on any atom is -0.314 e. The third-order valence-corrected chi connectivity index (χ3v) is 3.00. The van der Waals surface area contributed by atoms with Crippen molar-refractivity contribution in [3.05, 3.63) is 35.4 Å². The number of alkyl halides is 3. The summed E-state index contributed by atoms with van der Waals surface area (Å²) >= 11 is 0. The van der Waals surface area contributed by atoms with Crippen LogP contribution in [0.25, 0.3) is 0 Å². The third kappa shape index (κ3) is 5.54. The Kier molecular flexibility index (Phi) is 5.66.